The summed E-state index contributed by atoms with van der Waals surface area (Å²) in [6, 6.07) is 11.5. The molecule has 120 valence electrons. The number of halogens is 2. The average Bonchev–Trinajstić information content (AvgIpc) is 2.56. The fourth-order valence-corrected chi connectivity index (χ4v) is 2.46. The van der Waals surface area contributed by atoms with E-state index in [1.54, 1.807) is 12.1 Å². The van der Waals surface area contributed by atoms with E-state index in [9.17, 15) is 9.18 Å². The molecule has 0 spiro atoms. The maximum Gasteiger partial charge on any atom is 0.310 e. The molecule has 0 saturated carbocycles. The van der Waals surface area contributed by atoms with E-state index in [2.05, 4.69) is 0 Å². The zero-order valence-corrected chi connectivity index (χ0v) is 12.9. The van der Waals surface area contributed by atoms with Crippen molar-refractivity contribution in [3.8, 4) is 11.5 Å². The Labute approximate surface area is 137 Å². The molecule has 0 bridgehead atoms. The van der Waals surface area contributed by atoms with Crippen LogP contribution >= 0.6 is 11.6 Å². The molecule has 2 aromatic carbocycles. The van der Waals surface area contributed by atoms with Crippen molar-refractivity contribution < 1.29 is 23.4 Å². The molecule has 0 aliphatic carbocycles. The second-order valence-electron chi connectivity index (χ2n) is 5.06. The number of esters is 1. The van der Waals surface area contributed by atoms with E-state index in [0.29, 0.717) is 11.5 Å². The van der Waals surface area contributed by atoms with E-state index in [1.165, 1.54) is 18.2 Å². The van der Waals surface area contributed by atoms with E-state index in [4.69, 9.17) is 25.8 Å². The highest BCUT2D eigenvalue weighted by molar-refractivity contribution is 6.31. The van der Waals surface area contributed by atoms with Crippen LogP contribution in [0.5, 0.6) is 11.5 Å². The Balaban J connectivity index is 1.54. The Morgan fingerprint density at radius 3 is 2.78 bits per heavy atom. The lowest BCUT2D eigenvalue weighted by atomic mass is 10.1. The van der Waals surface area contributed by atoms with Crippen molar-refractivity contribution in [2.24, 2.45) is 0 Å². The van der Waals surface area contributed by atoms with Crippen LogP contribution in [0.1, 0.15) is 5.56 Å². The summed E-state index contributed by atoms with van der Waals surface area (Å²) in [7, 11) is 0. The molecule has 0 radical (unpaired) electrons. The zero-order valence-electron chi connectivity index (χ0n) is 12.1. The SMILES string of the molecule is O=C(Cc1c(F)cccc1Cl)OC[C@H]1COc2ccccc2O1. The van der Waals surface area contributed by atoms with E-state index in [0.717, 1.165) is 0 Å². The van der Waals surface area contributed by atoms with E-state index in [1.807, 2.05) is 12.1 Å². The molecular weight excluding hydrogens is 323 g/mol. The van der Waals surface area contributed by atoms with Crippen LogP contribution in [0.15, 0.2) is 42.5 Å². The number of carbonyl (C=O) groups excluding carboxylic acids is 1. The van der Waals surface area contributed by atoms with Crippen molar-refractivity contribution in [1.29, 1.82) is 0 Å². The van der Waals surface area contributed by atoms with Gasteiger partial charge in [0.25, 0.3) is 0 Å². The Hall–Kier alpha value is -2.27. The predicted molar refractivity (Wildman–Crippen MR) is 82.4 cm³/mol. The van der Waals surface area contributed by atoms with Crippen LogP contribution in [0, 0.1) is 5.82 Å². The van der Waals surface area contributed by atoms with Gasteiger partial charge in [-0.1, -0.05) is 29.8 Å². The smallest absolute Gasteiger partial charge is 0.310 e. The van der Waals surface area contributed by atoms with E-state index in [-0.39, 0.29) is 30.2 Å². The minimum Gasteiger partial charge on any atom is -0.486 e. The molecule has 1 aliphatic heterocycles. The number of carbonyl (C=O) groups is 1. The Bertz CT molecular complexity index is 699. The maximum atomic E-state index is 13.6. The minimum absolute atomic E-state index is 0.0270. The highest BCUT2D eigenvalue weighted by Gasteiger charge is 2.22. The van der Waals surface area contributed by atoms with Crippen LogP contribution in [0.3, 0.4) is 0 Å². The van der Waals surface area contributed by atoms with Gasteiger partial charge in [0.2, 0.25) is 0 Å². The molecule has 0 aromatic heterocycles. The van der Waals surface area contributed by atoms with E-state index < -0.39 is 17.9 Å². The van der Waals surface area contributed by atoms with Gasteiger partial charge in [-0.25, -0.2) is 4.39 Å². The number of para-hydroxylation sites is 2. The molecule has 6 heteroatoms. The lowest BCUT2D eigenvalue weighted by Crippen LogP contribution is -2.34. The molecule has 1 atom stereocenters. The van der Waals surface area contributed by atoms with Crippen LogP contribution < -0.4 is 9.47 Å². The van der Waals surface area contributed by atoms with Gasteiger partial charge in [0.15, 0.2) is 17.6 Å². The van der Waals surface area contributed by atoms with Crippen molar-refractivity contribution >= 4 is 17.6 Å². The first-order valence-electron chi connectivity index (χ1n) is 7.10. The molecule has 0 N–H and O–H groups in total. The number of fused-ring (bicyclic) bond motifs is 1. The van der Waals surface area contributed by atoms with Crippen LogP contribution in [-0.4, -0.2) is 25.3 Å². The third kappa shape index (κ3) is 3.74. The van der Waals surface area contributed by atoms with Gasteiger partial charge in [-0.15, -0.1) is 0 Å². The Kier molecular flexibility index (Phi) is 4.67. The second kappa shape index (κ2) is 6.87. The quantitative estimate of drug-likeness (QED) is 0.803. The van der Waals surface area contributed by atoms with Crippen molar-refractivity contribution in [2.75, 3.05) is 13.2 Å². The summed E-state index contributed by atoms with van der Waals surface area (Å²) in [5.41, 5.74) is 0.130. The molecule has 23 heavy (non-hydrogen) atoms. The molecule has 2 aromatic rings. The number of ether oxygens (including phenoxy) is 3. The first-order valence-corrected chi connectivity index (χ1v) is 7.48. The first kappa shape index (κ1) is 15.6. The number of rotatable bonds is 4. The van der Waals surface area contributed by atoms with Gasteiger partial charge in [-0.3, -0.25) is 4.79 Å². The van der Waals surface area contributed by atoms with E-state index >= 15 is 0 Å². The van der Waals surface area contributed by atoms with Gasteiger partial charge < -0.3 is 14.2 Å². The second-order valence-corrected chi connectivity index (χ2v) is 5.46. The number of benzene rings is 2. The van der Waals surface area contributed by atoms with Crippen LogP contribution in [0.2, 0.25) is 5.02 Å². The molecule has 0 fully saturated rings. The summed E-state index contributed by atoms with van der Waals surface area (Å²) in [6.07, 6.45) is -0.625. The Morgan fingerprint density at radius 2 is 2.00 bits per heavy atom. The largest absolute Gasteiger partial charge is 0.486 e. The summed E-state index contributed by atoms with van der Waals surface area (Å²) < 4.78 is 30.0. The molecule has 4 nitrogen and oxygen atoms in total. The van der Waals surface area contributed by atoms with Crippen molar-refractivity contribution in [3.05, 3.63) is 58.9 Å². The maximum absolute atomic E-state index is 13.6. The average molecular weight is 337 g/mol. The number of hydrogen-bond acceptors (Lipinski definition) is 4. The fraction of sp³-hybridized carbons (Fsp3) is 0.235. The van der Waals surface area contributed by atoms with Gasteiger partial charge in [-0.05, 0) is 24.3 Å². The Morgan fingerprint density at radius 1 is 1.22 bits per heavy atom. The standard InChI is InChI=1S/C17H14ClFO4/c18-13-4-3-5-14(19)12(13)8-17(20)22-10-11-9-21-15-6-1-2-7-16(15)23-11/h1-7,11H,8-10H2/t11-/m1/s1. The molecule has 1 heterocycles. The number of hydrogen-bond donors (Lipinski definition) is 0. The molecule has 0 amide bonds. The summed E-state index contributed by atoms with van der Waals surface area (Å²) in [5, 5.41) is 0.202. The highest BCUT2D eigenvalue weighted by atomic mass is 35.5. The molecule has 0 saturated heterocycles. The molecule has 1 aliphatic rings. The minimum atomic E-state index is -0.570. The summed E-state index contributed by atoms with van der Waals surface area (Å²) in [5.74, 6) is 0.172. The van der Waals surface area contributed by atoms with Gasteiger partial charge in [-0.2, -0.15) is 0 Å². The summed E-state index contributed by atoms with van der Waals surface area (Å²) in [6.45, 7) is 0.310. The topological polar surface area (TPSA) is 44.8 Å². The normalized spacial score (nSPS) is 16.0. The van der Waals surface area contributed by atoms with Crippen molar-refractivity contribution in [3.63, 3.8) is 0 Å². The monoisotopic (exact) mass is 336 g/mol. The zero-order chi connectivity index (χ0) is 16.2. The first-order chi connectivity index (χ1) is 11.1. The van der Waals surface area contributed by atoms with Crippen LogP contribution in [0.4, 0.5) is 4.39 Å². The van der Waals surface area contributed by atoms with Gasteiger partial charge in [0.1, 0.15) is 19.0 Å². The lowest BCUT2D eigenvalue weighted by Gasteiger charge is -2.26. The van der Waals surface area contributed by atoms with Gasteiger partial charge >= 0.3 is 5.97 Å². The third-order valence-corrected chi connectivity index (χ3v) is 3.73. The van der Waals surface area contributed by atoms with Crippen molar-refractivity contribution in [1.82, 2.24) is 0 Å². The summed E-state index contributed by atoms with van der Waals surface area (Å²) >= 11 is 5.89. The molecular formula is C17H14ClFO4. The van der Waals surface area contributed by atoms with Gasteiger partial charge in [0, 0.05) is 10.6 Å². The fourth-order valence-electron chi connectivity index (χ4n) is 2.23. The van der Waals surface area contributed by atoms with Crippen LogP contribution in [-0.2, 0) is 16.0 Å². The highest BCUT2D eigenvalue weighted by Crippen LogP contribution is 2.30. The van der Waals surface area contributed by atoms with Crippen molar-refractivity contribution in [2.45, 2.75) is 12.5 Å². The molecule has 0 unspecified atom stereocenters. The molecule has 3 rings (SSSR count). The predicted octanol–water partition coefficient (Wildman–Crippen LogP) is 3.40. The van der Waals surface area contributed by atoms with Gasteiger partial charge in [0.05, 0.1) is 6.42 Å². The lowest BCUT2D eigenvalue weighted by molar-refractivity contribution is -0.146. The summed E-state index contributed by atoms with van der Waals surface area (Å²) in [4.78, 5) is 11.9. The van der Waals surface area contributed by atoms with Crippen LogP contribution in [0.25, 0.3) is 0 Å². The third-order valence-electron chi connectivity index (χ3n) is 3.38.